The van der Waals surface area contributed by atoms with Crippen molar-refractivity contribution in [1.82, 2.24) is 9.13 Å². The molecule has 7 aromatic carbocycles. The molecular weight excluding hydrogens is 560 g/mol. The zero-order valence-electron chi connectivity index (χ0n) is 25.0. The molecule has 0 fully saturated rings. The Kier molecular flexibility index (Phi) is 5.97. The van der Waals surface area contributed by atoms with Gasteiger partial charge in [0.25, 0.3) is 0 Å². The van der Waals surface area contributed by atoms with Gasteiger partial charge in [0.2, 0.25) is 0 Å². The van der Waals surface area contributed by atoms with Crippen LogP contribution in [0, 0.1) is 0 Å². The number of fused-ring (bicyclic) bond motifs is 6. The number of aromatic nitrogens is 2. The maximum Gasteiger partial charge on any atom is 0.193 e. The van der Waals surface area contributed by atoms with Crippen LogP contribution in [0.5, 0.6) is 0 Å². The van der Waals surface area contributed by atoms with Crippen LogP contribution >= 0.6 is 0 Å². The first-order valence-corrected chi connectivity index (χ1v) is 15.6. The second-order valence-corrected chi connectivity index (χ2v) is 11.8. The monoisotopic (exact) mass is 588 g/mol. The number of ketones is 1. The molecule has 0 N–H and O–H groups in total. The minimum absolute atomic E-state index is 0.0207. The highest BCUT2D eigenvalue weighted by atomic mass is 16.1. The Morgan fingerprint density at radius 1 is 0.413 bits per heavy atom. The van der Waals surface area contributed by atoms with Crippen molar-refractivity contribution in [1.29, 1.82) is 0 Å². The van der Waals surface area contributed by atoms with E-state index in [-0.39, 0.29) is 5.78 Å². The summed E-state index contributed by atoms with van der Waals surface area (Å²) in [6.07, 6.45) is 0. The van der Waals surface area contributed by atoms with Crippen molar-refractivity contribution in [3.8, 4) is 22.6 Å². The molecule has 9 aromatic rings. The summed E-state index contributed by atoms with van der Waals surface area (Å²) in [6, 6.07) is 58.7. The van der Waals surface area contributed by atoms with Crippen molar-refractivity contribution < 1.29 is 4.79 Å². The highest BCUT2D eigenvalue weighted by Gasteiger charge is 2.21. The summed E-state index contributed by atoms with van der Waals surface area (Å²) in [7, 11) is 0. The Balaban J connectivity index is 1.28. The SMILES string of the molecule is O=C(c1ccc(-n2c3ccccc3c3ccc4cc(-c5ccccc5)n(-c5ccccc5)c4c32)cc1)c1ccc2ccccc2c1. The second kappa shape index (κ2) is 10.5. The normalized spacial score (nSPS) is 11.6. The fourth-order valence-electron chi connectivity index (χ4n) is 6.93. The fraction of sp³-hybridized carbons (Fsp3) is 0. The molecule has 0 aliphatic rings. The number of carbonyl (C=O) groups is 1. The van der Waals surface area contributed by atoms with E-state index in [9.17, 15) is 4.79 Å². The lowest BCUT2D eigenvalue weighted by atomic mass is 10.00. The summed E-state index contributed by atoms with van der Waals surface area (Å²) in [5, 5.41) is 5.74. The van der Waals surface area contributed by atoms with Crippen molar-refractivity contribution in [2.24, 2.45) is 0 Å². The van der Waals surface area contributed by atoms with E-state index >= 15 is 0 Å². The van der Waals surface area contributed by atoms with E-state index in [1.807, 2.05) is 48.5 Å². The lowest BCUT2D eigenvalue weighted by Gasteiger charge is -2.14. The van der Waals surface area contributed by atoms with Gasteiger partial charge in [0.05, 0.1) is 22.2 Å². The van der Waals surface area contributed by atoms with Crippen molar-refractivity contribution in [3.05, 3.63) is 181 Å². The zero-order chi connectivity index (χ0) is 30.6. The largest absolute Gasteiger partial charge is 0.307 e. The van der Waals surface area contributed by atoms with Gasteiger partial charge in [-0.05, 0) is 70.9 Å². The van der Waals surface area contributed by atoms with Crippen molar-refractivity contribution in [3.63, 3.8) is 0 Å². The quantitative estimate of drug-likeness (QED) is 0.184. The zero-order valence-corrected chi connectivity index (χ0v) is 25.0. The van der Waals surface area contributed by atoms with Gasteiger partial charge in [-0.1, -0.05) is 115 Å². The van der Waals surface area contributed by atoms with E-state index in [1.165, 1.54) is 16.2 Å². The molecule has 0 unspecified atom stereocenters. The molecule has 9 rings (SSSR count). The van der Waals surface area contributed by atoms with Crippen LogP contribution in [0.3, 0.4) is 0 Å². The van der Waals surface area contributed by atoms with E-state index < -0.39 is 0 Å². The van der Waals surface area contributed by atoms with Gasteiger partial charge in [-0.15, -0.1) is 0 Å². The highest BCUT2D eigenvalue weighted by Crippen LogP contribution is 2.41. The fourth-order valence-corrected chi connectivity index (χ4v) is 6.93. The Bertz CT molecular complexity index is 2570. The van der Waals surface area contributed by atoms with E-state index in [0.29, 0.717) is 11.1 Å². The molecule has 0 aliphatic carbocycles. The number of hydrogen-bond donors (Lipinski definition) is 0. The first kappa shape index (κ1) is 26.2. The Morgan fingerprint density at radius 2 is 1.04 bits per heavy atom. The van der Waals surface area contributed by atoms with Crippen molar-refractivity contribution >= 4 is 49.3 Å². The third kappa shape index (κ3) is 4.10. The molecule has 46 heavy (non-hydrogen) atoms. The van der Waals surface area contributed by atoms with E-state index in [1.54, 1.807) is 0 Å². The summed E-state index contributed by atoms with van der Waals surface area (Å²) in [6.45, 7) is 0. The lowest BCUT2D eigenvalue weighted by Crippen LogP contribution is -2.03. The number of benzene rings is 7. The molecule has 0 radical (unpaired) electrons. The van der Waals surface area contributed by atoms with Crippen molar-refractivity contribution in [2.45, 2.75) is 0 Å². The van der Waals surface area contributed by atoms with Crippen LogP contribution in [-0.2, 0) is 0 Å². The topological polar surface area (TPSA) is 26.9 Å². The van der Waals surface area contributed by atoms with Crippen LogP contribution in [0.2, 0.25) is 0 Å². The minimum Gasteiger partial charge on any atom is -0.307 e. The molecule has 0 saturated heterocycles. The lowest BCUT2D eigenvalue weighted by molar-refractivity contribution is 0.103. The minimum atomic E-state index is 0.0207. The standard InChI is InChI=1S/C43H28N2O/c46-43(34-20-19-29-11-7-8-14-32(29)27-34)31-21-24-36(25-22-31)44-39-18-10-9-17-37(39)38-26-23-33-28-40(30-12-3-1-4-13-30)45(41(33)42(38)44)35-15-5-2-6-16-35/h1-28H. The Morgan fingerprint density at radius 3 is 1.85 bits per heavy atom. The van der Waals surface area contributed by atoms with Gasteiger partial charge >= 0.3 is 0 Å². The van der Waals surface area contributed by atoms with Gasteiger partial charge in [-0.2, -0.15) is 0 Å². The Labute approximate surface area is 266 Å². The first-order chi connectivity index (χ1) is 22.7. The van der Waals surface area contributed by atoms with Gasteiger partial charge in [0, 0.05) is 38.7 Å². The van der Waals surface area contributed by atoms with Crippen LogP contribution in [0.1, 0.15) is 15.9 Å². The molecule has 2 heterocycles. The van der Waals surface area contributed by atoms with Crippen LogP contribution in [0.4, 0.5) is 0 Å². The highest BCUT2D eigenvalue weighted by molar-refractivity contribution is 6.19. The maximum atomic E-state index is 13.6. The van der Waals surface area contributed by atoms with Crippen LogP contribution in [0.25, 0.3) is 66.1 Å². The number of hydrogen-bond acceptors (Lipinski definition) is 1. The summed E-state index contributed by atoms with van der Waals surface area (Å²) < 4.78 is 4.74. The molecule has 0 amide bonds. The first-order valence-electron chi connectivity index (χ1n) is 15.6. The van der Waals surface area contributed by atoms with Crippen LogP contribution in [0.15, 0.2) is 170 Å². The number of carbonyl (C=O) groups excluding carboxylic acids is 1. The second-order valence-electron chi connectivity index (χ2n) is 11.8. The van der Waals surface area contributed by atoms with Crippen molar-refractivity contribution in [2.75, 3.05) is 0 Å². The van der Waals surface area contributed by atoms with Crippen LogP contribution in [-0.4, -0.2) is 14.9 Å². The molecule has 0 atom stereocenters. The molecule has 216 valence electrons. The molecule has 0 spiro atoms. The average Bonchev–Trinajstić information content (AvgIpc) is 3.68. The van der Waals surface area contributed by atoms with Gasteiger partial charge in [0.1, 0.15) is 0 Å². The average molecular weight is 589 g/mol. The van der Waals surface area contributed by atoms with Gasteiger partial charge in [-0.25, -0.2) is 0 Å². The predicted octanol–water partition coefficient (Wildman–Crippen LogP) is 10.8. The van der Waals surface area contributed by atoms with Crippen LogP contribution < -0.4 is 0 Å². The molecular formula is C43H28N2O. The molecule has 0 aliphatic heterocycles. The smallest absolute Gasteiger partial charge is 0.193 e. The third-order valence-corrected chi connectivity index (χ3v) is 9.08. The molecule has 0 saturated carbocycles. The van der Waals surface area contributed by atoms with E-state index in [2.05, 4.69) is 130 Å². The van der Waals surface area contributed by atoms with Gasteiger partial charge < -0.3 is 9.13 Å². The van der Waals surface area contributed by atoms with E-state index in [0.717, 1.165) is 50.0 Å². The molecule has 3 heteroatoms. The molecule has 2 aromatic heterocycles. The number of rotatable bonds is 5. The summed E-state index contributed by atoms with van der Waals surface area (Å²) in [5.74, 6) is 0.0207. The number of para-hydroxylation sites is 2. The summed E-state index contributed by atoms with van der Waals surface area (Å²) in [5.41, 5.74) is 9.20. The van der Waals surface area contributed by atoms with Gasteiger partial charge in [0.15, 0.2) is 5.78 Å². The maximum absolute atomic E-state index is 13.6. The number of nitrogens with zero attached hydrogens (tertiary/aromatic N) is 2. The van der Waals surface area contributed by atoms with E-state index in [4.69, 9.17) is 0 Å². The predicted molar refractivity (Wildman–Crippen MR) is 190 cm³/mol. The summed E-state index contributed by atoms with van der Waals surface area (Å²) in [4.78, 5) is 13.6. The van der Waals surface area contributed by atoms with Gasteiger partial charge in [-0.3, -0.25) is 4.79 Å². The Hall–Kier alpha value is -6.19. The molecule has 3 nitrogen and oxygen atoms in total. The summed E-state index contributed by atoms with van der Waals surface area (Å²) >= 11 is 0. The molecule has 0 bridgehead atoms. The third-order valence-electron chi connectivity index (χ3n) is 9.08.